The molecule has 1 heterocycles. The second-order valence-electron chi connectivity index (χ2n) is 11.8. The maximum Gasteiger partial charge on any atom is 0.471 e. The Labute approximate surface area is 263 Å². The minimum Gasteiger partial charge on any atom is -0.343 e. The lowest BCUT2D eigenvalue weighted by molar-refractivity contribution is -0.167. The topological polar surface area (TPSA) is 145 Å². The van der Waals surface area contributed by atoms with Crippen LogP contribution in [0.25, 0.3) is 0 Å². The van der Waals surface area contributed by atoms with Crippen molar-refractivity contribution in [1.82, 2.24) is 19.8 Å². The van der Waals surface area contributed by atoms with Crippen molar-refractivity contribution in [2.24, 2.45) is 11.8 Å². The van der Waals surface area contributed by atoms with Crippen LogP contribution in [-0.2, 0) is 29.2 Å². The molecule has 1 aliphatic rings. The van der Waals surface area contributed by atoms with E-state index in [1.807, 2.05) is 44.4 Å². The van der Waals surface area contributed by atoms with Crippen LogP contribution in [0.1, 0.15) is 60.3 Å². The van der Waals surface area contributed by atoms with Crippen molar-refractivity contribution in [3.63, 3.8) is 0 Å². The largest absolute Gasteiger partial charge is 0.471 e. The third-order valence-electron chi connectivity index (χ3n) is 8.01. The Kier molecular flexibility index (Phi) is 13.2. The average Bonchev–Trinajstić information content (AvgIpc) is 2.96. The van der Waals surface area contributed by atoms with Gasteiger partial charge in [0.25, 0.3) is 15.9 Å². The van der Waals surface area contributed by atoms with E-state index >= 15 is 0 Å². The number of likely N-dealkylation sites (tertiary alicyclic amines) is 1. The lowest BCUT2D eigenvalue weighted by Crippen LogP contribution is -2.57. The van der Waals surface area contributed by atoms with Crippen molar-refractivity contribution in [3.8, 4) is 0 Å². The lowest BCUT2D eigenvalue weighted by atomic mass is 9.94. The van der Waals surface area contributed by atoms with E-state index in [0.717, 1.165) is 43.7 Å². The molecular formula is C30H44F3N5O6S. The van der Waals surface area contributed by atoms with Crippen molar-refractivity contribution in [1.29, 1.82) is 0 Å². The Balaban J connectivity index is 2.20. The maximum absolute atomic E-state index is 13.8. The molecule has 1 saturated heterocycles. The molecule has 4 amide bonds. The van der Waals surface area contributed by atoms with Gasteiger partial charge in [0.05, 0.1) is 17.0 Å². The zero-order valence-electron chi connectivity index (χ0n) is 26.7. The summed E-state index contributed by atoms with van der Waals surface area (Å²) in [6, 6.07) is 2.03. The first-order valence-corrected chi connectivity index (χ1v) is 16.3. The summed E-state index contributed by atoms with van der Waals surface area (Å²) in [5.74, 6) is -4.12. The summed E-state index contributed by atoms with van der Waals surface area (Å²) in [4.78, 5) is 54.0. The molecule has 0 aliphatic carbocycles. The van der Waals surface area contributed by atoms with Crippen molar-refractivity contribution >= 4 is 39.3 Å². The van der Waals surface area contributed by atoms with Crippen LogP contribution in [0, 0.1) is 11.8 Å². The van der Waals surface area contributed by atoms with Crippen LogP contribution in [0.5, 0.6) is 0 Å². The molecule has 0 bridgehead atoms. The molecule has 252 valence electrons. The molecule has 15 heteroatoms. The second-order valence-corrected chi connectivity index (χ2v) is 13.5. The van der Waals surface area contributed by atoms with Gasteiger partial charge in [0.2, 0.25) is 11.8 Å². The Hall–Kier alpha value is -3.46. The van der Waals surface area contributed by atoms with Gasteiger partial charge in [0, 0.05) is 18.3 Å². The Bertz CT molecular complexity index is 1360. The van der Waals surface area contributed by atoms with Crippen LogP contribution in [0.15, 0.2) is 40.8 Å². The van der Waals surface area contributed by atoms with Gasteiger partial charge in [0.15, 0.2) is 0 Å². The second kappa shape index (κ2) is 15.7. The molecule has 1 aromatic rings. The average molecular weight is 660 g/mol. The van der Waals surface area contributed by atoms with E-state index in [9.17, 15) is 40.8 Å². The summed E-state index contributed by atoms with van der Waals surface area (Å²) in [5.41, 5.74) is -0.289. The number of alkyl halides is 3. The van der Waals surface area contributed by atoms with Crippen molar-refractivity contribution < 1.29 is 40.8 Å². The van der Waals surface area contributed by atoms with Gasteiger partial charge in [-0.05, 0) is 69.5 Å². The Morgan fingerprint density at radius 3 is 2.20 bits per heavy atom. The monoisotopic (exact) mass is 659 g/mol. The van der Waals surface area contributed by atoms with Gasteiger partial charge in [-0.25, -0.2) is 13.1 Å². The number of hydrogen-bond acceptors (Lipinski definition) is 7. The Morgan fingerprint density at radius 1 is 1.09 bits per heavy atom. The molecule has 45 heavy (non-hydrogen) atoms. The predicted molar refractivity (Wildman–Crippen MR) is 163 cm³/mol. The highest BCUT2D eigenvalue weighted by atomic mass is 32.2. The number of hydrogen-bond donors (Lipinski definition) is 3. The molecule has 0 saturated carbocycles. The van der Waals surface area contributed by atoms with E-state index in [1.54, 1.807) is 12.4 Å². The smallest absolute Gasteiger partial charge is 0.343 e. The quantitative estimate of drug-likeness (QED) is 0.292. The number of amides is 4. The van der Waals surface area contributed by atoms with E-state index < -0.39 is 45.0 Å². The summed E-state index contributed by atoms with van der Waals surface area (Å²) in [6.07, 6.45) is -0.384. The first-order valence-electron chi connectivity index (χ1n) is 14.8. The van der Waals surface area contributed by atoms with E-state index in [1.165, 1.54) is 17.9 Å². The molecule has 1 aromatic carbocycles. The van der Waals surface area contributed by atoms with Crippen LogP contribution in [0.3, 0.4) is 0 Å². The van der Waals surface area contributed by atoms with E-state index in [4.69, 9.17) is 0 Å². The third-order valence-corrected chi connectivity index (χ3v) is 9.36. The van der Waals surface area contributed by atoms with Crippen molar-refractivity contribution in [3.05, 3.63) is 35.9 Å². The number of rotatable bonds is 12. The molecule has 1 fully saturated rings. The van der Waals surface area contributed by atoms with Crippen LogP contribution in [0.4, 0.5) is 18.9 Å². The predicted octanol–water partition coefficient (Wildman–Crippen LogP) is 3.44. The molecule has 0 radical (unpaired) electrons. The van der Waals surface area contributed by atoms with Gasteiger partial charge >= 0.3 is 12.1 Å². The first-order chi connectivity index (χ1) is 20.8. The highest BCUT2D eigenvalue weighted by Gasteiger charge is 2.39. The molecule has 2 rings (SSSR count). The molecule has 11 nitrogen and oxygen atoms in total. The lowest BCUT2D eigenvalue weighted by Gasteiger charge is -2.36. The molecule has 1 aliphatic heterocycles. The van der Waals surface area contributed by atoms with Crippen molar-refractivity contribution in [2.45, 2.75) is 89.5 Å². The third kappa shape index (κ3) is 10.3. The molecule has 0 aromatic heterocycles. The Morgan fingerprint density at radius 2 is 1.69 bits per heavy atom. The molecule has 4 atom stereocenters. The summed E-state index contributed by atoms with van der Waals surface area (Å²) in [5, 5.41) is 4.57. The number of nitrogens with zero attached hydrogens (tertiary/aromatic N) is 2. The van der Waals surface area contributed by atoms with Crippen molar-refractivity contribution in [2.75, 3.05) is 26.0 Å². The van der Waals surface area contributed by atoms with Crippen LogP contribution in [0.2, 0.25) is 0 Å². The van der Waals surface area contributed by atoms with Gasteiger partial charge in [-0.3, -0.25) is 24.1 Å². The number of sulfonamides is 1. The van der Waals surface area contributed by atoms with E-state index in [0.29, 0.717) is 12.8 Å². The molecule has 1 unspecified atom stereocenters. The number of anilines is 1. The maximum atomic E-state index is 13.8. The highest BCUT2D eigenvalue weighted by Crippen LogP contribution is 2.22. The number of carbonyl (C=O) groups excluding carboxylic acids is 4. The summed E-state index contributed by atoms with van der Waals surface area (Å²) >= 11 is 0. The highest BCUT2D eigenvalue weighted by molar-refractivity contribution is 7.90. The summed E-state index contributed by atoms with van der Waals surface area (Å²) in [6.45, 7) is 9.65. The number of benzene rings is 1. The van der Waals surface area contributed by atoms with Gasteiger partial charge in [-0.2, -0.15) is 13.2 Å². The molecule has 3 N–H and O–H groups in total. The zero-order chi connectivity index (χ0) is 34.3. The van der Waals surface area contributed by atoms with Crippen LogP contribution in [-0.4, -0.2) is 86.8 Å². The van der Waals surface area contributed by atoms with E-state index in [-0.39, 0.29) is 41.0 Å². The van der Waals surface area contributed by atoms with E-state index in [2.05, 4.69) is 5.32 Å². The fourth-order valence-corrected chi connectivity index (χ4v) is 5.99. The van der Waals surface area contributed by atoms with Crippen LogP contribution >= 0.6 is 0 Å². The molecular weight excluding hydrogens is 615 g/mol. The normalized spacial score (nSPS) is 18.5. The van der Waals surface area contributed by atoms with Gasteiger partial charge < -0.3 is 15.5 Å². The standard InChI is InChI=1S/C30H44F3N5O6S/c1-8-19(4)25(35-27(40)23-11-9-10-16-37(23)6)28(41)38(7)24(18(2)3)17-20(5)26(39)36-45(43,44)22-14-12-21(13-15-22)34-29(42)30(31,32)33/h12-15,17-19,23-25H,8-11,16H2,1-7H3,(H,34,42)(H,35,40)(H,36,39)/b20-17+/t19-,23?,24+,25-/m0/s1. The number of likely N-dealkylation sites (N-methyl/N-ethyl adjacent to an activating group) is 2. The van der Waals surface area contributed by atoms with Crippen LogP contribution < -0.4 is 15.4 Å². The zero-order valence-corrected chi connectivity index (χ0v) is 27.5. The number of carbonyl (C=O) groups is 4. The summed E-state index contributed by atoms with van der Waals surface area (Å²) in [7, 11) is -0.981. The fourth-order valence-electron chi connectivity index (χ4n) is 4.97. The minimum absolute atomic E-state index is 0.000980. The number of nitrogens with one attached hydrogen (secondary N) is 3. The van der Waals surface area contributed by atoms with Gasteiger partial charge in [-0.1, -0.05) is 46.6 Å². The molecule has 0 spiro atoms. The number of piperidine rings is 1. The summed E-state index contributed by atoms with van der Waals surface area (Å²) < 4.78 is 65.0. The SMILES string of the molecule is CC[C@H](C)[C@H](NC(=O)C1CCCCN1C)C(=O)N(C)[C@H](/C=C(\C)C(=O)NS(=O)(=O)c1ccc(NC(=O)C(F)(F)F)cc1)C(C)C. The van der Waals surface area contributed by atoms with Gasteiger partial charge in [-0.15, -0.1) is 0 Å². The number of halogens is 3. The van der Waals surface area contributed by atoms with Gasteiger partial charge in [0.1, 0.15) is 6.04 Å². The first kappa shape index (κ1) is 37.7. The fraction of sp³-hybridized carbons (Fsp3) is 0.600. The minimum atomic E-state index is -5.12.